The first-order chi connectivity index (χ1) is 14.5. The van der Waals surface area contributed by atoms with Gasteiger partial charge in [-0.15, -0.1) is 0 Å². The maximum atomic E-state index is 12.6. The van der Waals surface area contributed by atoms with Gasteiger partial charge in [0.1, 0.15) is 6.73 Å². The van der Waals surface area contributed by atoms with Gasteiger partial charge >= 0.3 is 11.7 Å². The number of H-pyrrole nitrogens is 1. The first-order valence-corrected chi connectivity index (χ1v) is 9.58. The highest BCUT2D eigenvalue weighted by Gasteiger charge is 2.11. The molecule has 2 N–H and O–H groups in total. The van der Waals surface area contributed by atoms with Gasteiger partial charge in [-0.25, -0.2) is 9.59 Å². The summed E-state index contributed by atoms with van der Waals surface area (Å²) in [5.41, 5.74) is 1.76. The number of ether oxygens (including phenoxy) is 1. The van der Waals surface area contributed by atoms with Gasteiger partial charge in [-0.3, -0.25) is 14.3 Å². The Bertz CT molecular complexity index is 1090. The van der Waals surface area contributed by atoms with Crippen molar-refractivity contribution >= 4 is 11.7 Å². The Morgan fingerprint density at radius 3 is 2.57 bits per heavy atom. The number of hydrogen-bond acceptors (Lipinski definition) is 4. The monoisotopic (exact) mass is 408 g/mol. The zero-order chi connectivity index (χ0) is 21.3. The van der Waals surface area contributed by atoms with E-state index in [0.29, 0.717) is 19.6 Å². The number of nitrogens with one attached hydrogen (secondary N) is 2. The van der Waals surface area contributed by atoms with Crippen molar-refractivity contribution in [3.8, 4) is 11.1 Å². The maximum absolute atomic E-state index is 12.6. The van der Waals surface area contributed by atoms with Gasteiger partial charge in [-0.1, -0.05) is 48.5 Å². The maximum Gasteiger partial charge on any atom is 0.330 e. The van der Waals surface area contributed by atoms with Crippen LogP contribution >= 0.6 is 0 Å². The van der Waals surface area contributed by atoms with E-state index in [1.165, 1.54) is 16.8 Å². The van der Waals surface area contributed by atoms with Crippen LogP contribution in [-0.2, 0) is 11.5 Å². The van der Waals surface area contributed by atoms with Gasteiger partial charge in [-0.2, -0.15) is 0 Å². The highest BCUT2D eigenvalue weighted by Crippen LogP contribution is 2.27. The van der Waals surface area contributed by atoms with Crippen molar-refractivity contribution in [1.29, 1.82) is 0 Å². The summed E-state index contributed by atoms with van der Waals surface area (Å²) in [6.45, 7) is 0.889. The van der Waals surface area contributed by atoms with Crippen molar-refractivity contribution in [3.63, 3.8) is 0 Å². The Kier molecular flexibility index (Phi) is 7.18. The molecule has 0 atom stereocenters. The molecule has 0 radical (unpaired) electrons. The number of urea groups is 1. The summed E-state index contributed by atoms with van der Waals surface area (Å²) in [6, 6.07) is 18.6. The van der Waals surface area contributed by atoms with Crippen LogP contribution in [0.1, 0.15) is 6.42 Å². The van der Waals surface area contributed by atoms with Gasteiger partial charge in [0.05, 0.1) is 12.3 Å². The minimum absolute atomic E-state index is 0.0377. The predicted octanol–water partition coefficient (Wildman–Crippen LogP) is 2.73. The number of amides is 2. The van der Waals surface area contributed by atoms with Crippen molar-refractivity contribution in [2.24, 2.45) is 0 Å². The number of benzene rings is 2. The molecule has 8 nitrogen and oxygen atoms in total. The number of aromatic nitrogens is 2. The smallest absolute Gasteiger partial charge is 0.330 e. The van der Waals surface area contributed by atoms with Gasteiger partial charge in [0.15, 0.2) is 0 Å². The quantitative estimate of drug-likeness (QED) is 0.560. The molecule has 0 aliphatic rings. The molecule has 8 heteroatoms. The van der Waals surface area contributed by atoms with Gasteiger partial charge in [-0.05, 0) is 18.1 Å². The molecule has 1 aromatic heterocycles. The van der Waals surface area contributed by atoms with Crippen LogP contribution in [0.5, 0.6) is 0 Å². The molecular formula is C22H24N4O4. The van der Waals surface area contributed by atoms with E-state index in [1.54, 1.807) is 11.9 Å². The standard InChI is InChI=1S/C22H24N4O4/c1-25(13-7-15-30-16-26-14-12-20(27)24-22(26)29)21(28)23-19-11-6-5-10-18(19)17-8-3-2-4-9-17/h2-6,8-12,14H,7,13,15-16H2,1H3,(H,23,28)(H,24,27,29). The Morgan fingerprint density at radius 1 is 1.07 bits per heavy atom. The highest BCUT2D eigenvalue weighted by atomic mass is 16.5. The topological polar surface area (TPSA) is 96.4 Å². The fourth-order valence-electron chi connectivity index (χ4n) is 2.89. The molecule has 0 aliphatic carbocycles. The van der Waals surface area contributed by atoms with E-state index in [1.807, 2.05) is 54.6 Å². The number of anilines is 1. The summed E-state index contributed by atoms with van der Waals surface area (Å²) in [7, 11) is 1.72. The Hall–Kier alpha value is -3.65. The minimum Gasteiger partial charge on any atom is -0.361 e. The molecule has 2 amide bonds. The lowest BCUT2D eigenvalue weighted by Gasteiger charge is -2.19. The molecule has 156 valence electrons. The third-order valence-electron chi connectivity index (χ3n) is 4.51. The van der Waals surface area contributed by atoms with E-state index >= 15 is 0 Å². The zero-order valence-corrected chi connectivity index (χ0v) is 16.7. The molecule has 0 aliphatic heterocycles. The summed E-state index contributed by atoms with van der Waals surface area (Å²) in [5, 5.41) is 2.96. The second kappa shape index (κ2) is 10.2. The molecule has 0 bridgehead atoms. The number of para-hydroxylation sites is 1. The second-order valence-electron chi connectivity index (χ2n) is 6.73. The average molecular weight is 408 g/mol. The largest absolute Gasteiger partial charge is 0.361 e. The summed E-state index contributed by atoms with van der Waals surface area (Å²) in [6.07, 6.45) is 1.98. The lowest BCUT2D eigenvalue weighted by atomic mass is 10.0. The Balaban J connectivity index is 1.47. The van der Waals surface area contributed by atoms with E-state index in [4.69, 9.17) is 4.74 Å². The lowest BCUT2D eigenvalue weighted by molar-refractivity contribution is 0.0689. The van der Waals surface area contributed by atoms with Gasteiger partial charge in [0, 0.05) is 31.4 Å². The Morgan fingerprint density at radius 2 is 1.80 bits per heavy atom. The number of carbonyl (C=O) groups excluding carboxylic acids is 1. The first kappa shape index (κ1) is 21.1. The number of carbonyl (C=O) groups is 1. The lowest BCUT2D eigenvalue weighted by Crippen LogP contribution is -2.33. The van der Waals surface area contributed by atoms with E-state index in [9.17, 15) is 14.4 Å². The van der Waals surface area contributed by atoms with Crippen LogP contribution in [-0.4, -0.2) is 40.7 Å². The molecular weight excluding hydrogens is 384 g/mol. The SMILES string of the molecule is CN(CCCOCn1ccc(=O)[nH]c1=O)C(=O)Nc1ccccc1-c1ccccc1. The predicted molar refractivity (Wildman–Crippen MR) is 115 cm³/mol. The summed E-state index contributed by atoms with van der Waals surface area (Å²) < 4.78 is 6.71. The van der Waals surface area contributed by atoms with Crippen LogP contribution in [0.3, 0.4) is 0 Å². The van der Waals surface area contributed by atoms with Crippen LogP contribution in [0, 0.1) is 0 Å². The molecule has 0 saturated heterocycles. The van der Waals surface area contributed by atoms with Gasteiger partial charge in [0.2, 0.25) is 0 Å². The number of aromatic amines is 1. The summed E-state index contributed by atoms with van der Waals surface area (Å²) >= 11 is 0. The van der Waals surface area contributed by atoms with Crippen molar-refractivity contribution < 1.29 is 9.53 Å². The number of hydrogen-bond donors (Lipinski definition) is 2. The highest BCUT2D eigenvalue weighted by molar-refractivity contribution is 5.94. The molecule has 0 spiro atoms. The average Bonchev–Trinajstić information content (AvgIpc) is 2.75. The molecule has 2 aromatic carbocycles. The van der Waals surface area contributed by atoms with Crippen LogP contribution in [0.15, 0.2) is 76.4 Å². The number of nitrogens with zero attached hydrogens (tertiary/aromatic N) is 2. The minimum atomic E-state index is -0.518. The fourth-order valence-corrected chi connectivity index (χ4v) is 2.89. The Labute approximate surface area is 173 Å². The van der Waals surface area contributed by atoms with Gasteiger partial charge in [0.25, 0.3) is 5.56 Å². The summed E-state index contributed by atoms with van der Waals surface area (Å²) in [4.78, 5) is 38.9. The second-order valence-corrected chi connectivity index (χ2v) is 6.73. The van der Waals surface area contributed by atoms with Crippen molar-refractivity contribution in [3.05, 3.63) is 87.7 Å². The fraction of sp³-hybridized carbons (Fsp3) is 0.227. The molecule has 3 aromatic rings. The molecule has 0 unspecified atom stereocenters. The van der Waals surface area contributed by atoms with Crippen LogP contribution < -0.4 is 16.6 Å². The van der Waals surface area contributed by atoms with Gasteiger partial charge < -0.3 is 15.0 Å². The van der Waals surface area contributed by atoms with E-state index in [2.05, 4.69) is 10.3 Å². The van der Waals surface area contributed by atoms with Crippen molar-refractivity contribution in [2.75, 3.05) is 25.5 Å². The van der Waals surface area contributed by atoms with E-state index in [0.717, 1.165) is 16.8 Å². The van der Waals surface area contributed by atoms with E-state index < -0.39 is 11.2 Å². The third-order valence-corrected chi connectivity index (χ3v) is 4.51. The molecule has 0 saturated carbocycles. The molecule has 1 heterocycles. The van der Waals surface area contributed by atoms with Crippen LogP contribution in [0.4, 0.5) is 10.5 Å². The first-order valence-electron chi connectivity index (χ1n) is 9.58. The molecule has 0 fully saturated rings. The zero-order valence-electron chi connectivity index (χ0n) is 16.7. The summed E-state index contributed by atoms with van der Waals surface area (Å²) in [5.74, 6) is 0. The third kappa shape index (κ3) is 5.68. The molecule has 30 heavy (non-hydrogen) atoms. The van der Waals surface area contributed by atoms with Crippen LogP contribution in [0.25, 0.3) is 11.1 Å². The van der Waals surface area contributed by atoms with Crippen molar-refractivity contribution in [1.82, 2.24) is 14.5 Å². The van der Waals surface area contributed by atoms with E-state index in [-0.39, 0.29) is 12.8 Å². The normalized spacial score (nSPS) is 10.6. The number of rotatable bonds is 8. The van der Waals surface area contributed by atoms with Crippen LogP contribution in [0.2, 0.25) is 0 Å². The molecule has 3 rings (SSSR count). The van der Waals surface area contributed by atoms with Crippen molar-refractivity contribution in [2.45, 2.75) is 13.2 Å².